The molecule has 2 N–H and O–H groups in total. The van der Waals surface area contributed by atoms with E-state index < -0.39 is 23.2 Å². The molecule has 0 saturated heterocycles. The number of esters is 1. The minimum Gasteiger partial charge on any atom is -0.433 e. The van der Waals surface area contributed by atoms with Crippen LogP contribution in [-0.4, -0.2) is 30.3 Å². The molecule has 0 aliphatic heterocycles. The highest BCUT2D eigenvalue weighted by atomic mass is 35.5. The number of carbonyl (C=O) groups excluding carboxylic acids is 1. The quantitative estimate of drug-likeness (QED) is 0.213. The Morgan fingerprint density at radius 2 is 2.00 bits per heavy atom. The van der Waals surface area contributed by atoms with Gasteiger partial charge in [0.2, 0.25) is 6.29 Å². The smallest absolute Gasteiger partial charge is 0.332 e. The van der Waals surface area contributed by atoms with E-state index in [1.165, 1.54) is 0 Å². The van der Waals surface area contributed by atoms with E-state index in [4.69, 9.17) is 18.1 Å². The van der Waals surface area contributed by atoms with Gasteiger partial charge in [-0.15, -0.1) is 12.4 Å². The Kier molecular flexibility index (Phi) is 16.8. The van der Waals surface area contributed by atoms with Gasteiger partial charge in [-0.2, -0.15) is 0 Å². The topological polar surface area (TPSA) is 101 Å². The van der Waals surface area contributed by atoms with Gasteiger partial charge in [-0.3, -0.25) is 4.55 Å². The van der Waals surface area contributed by atoms with Crippen molar-refractivity contribution in [1.29, 1.82) is 0 Å². The van der Waals surface area contributed by atoms with Crippen molar-refractivity contribution in [2.75, 3.05) is 0 Å². The highest BCUT2D eigenvalue weighted by Crippen LogP contribution is 1.92. The zero-order valence-electron chi connectivity index (χ0n) is 7.45. The molecule has 0 radical (unpaired) electrons. The van der Waals surface area contributed by atoms with Crippen LogP contribution in [0.25, 0.3) is 0 Å². The van der Waals surface area contributed by atoms with E-state index >= 15 is 0 Å². The highest BCUT2D eigenvalue weighted by molar-refractivity contribution is 7.66. The Labute approximate surface area is 89.8 Å². The summed E-state index contributed by atoms with van der Waals surface area (Å²) in [6.45, 7) is 4.87. The number of ether oxygens (including phenoxy) is 1. The molecule has 0 amide bonds. The Balaban J connectivity index is -0.000000209. The first kappa shape index (κ1) is 19.0. The molecule has 6 nitrogen and oxygen atoms in total. The monoisotopic (exact) mass is 248 g/mol. The number of rotatable bonds is 3. The summed E-state index contributed by atoms with van der Waals surface area (Å²) in [4.78, 5) is 10.3. The summed E-state index contributed by atoms with van der Waals surface area (Å²) in [5.41, 5.74) is 0. The molecule has 0 aromatic heterocycles. The van der Waals surface area contributed by atoms with Crippen molar-refractivity contribution in [3.05, 3.63) is 12.7 Å². The molecule has 14 heavy (non-hydrogen) atoms. The lowest BCUT2D eigenvalue weighted by Crippen LogP contribution is -2.14. The zero-order valence-corrected chi connectivity index (χ0v) is 9.16. The van der Waals surface area contributed by atoms with Crippen LogP contribution in [0.5, 0.6) is 0 Å². The van der Waals surface area contributed by atoms with Crippen LogP contribution >= 0.6 is 12.4 Å². The fraction of sp³-hybridized carbons (Fsp3) is 0.500. The Morgan fingerprint density at radius 3 is 2.21 bits per heavy atom. The molecular formula is C6H13ClO6S. The SMILES string of the molecule is C=CC(=O)OC(O)CC.Cl.O=[SH](=O)O. The molecular weight excluding hydrogens is 236 g/mol. The van der Waals surface area contributed by atoms with E-state index in [9.17, 15) is 4.79 Å². The second-order valence-electron chi connectivity index (χ2n) is 1.74. The number of hydrogen-bond donors (Lipinski definition) is 3. The number of aliphatic hydroxyl groups excluding tert-OH is 1. The summed E-state index contributed by atoms with van der Waals surface area (Å²) < 4.78 is 28.5. The third-order valence-electron chi connectivity index (χ3n) is 0.768. The van der Waals surface area contributed by atoms with Crippen molar-refractivity contribution in [3.8, 4) is 0 Å². The van der Waals surface area contributed by atoms with Crippen LogP contribution in [0, 0.1) is 0 Å². The second-order valence-corrected chi connectivity index (χ2v) is 2.22. The molecule has 0 aliphatic carbocycles. The summed E-state index contributed by atoms with van der Waals surface area (Å²) in [6.07, 6.45) is 0.425. The summed E-state index contributed by atoms with van der Waals surface area (Å²) >= 11 is 0. The van der Waals surface area contributed by atoms with Gasteiger partial charge >= 0.3 is 5.97 Å². The fourth-order valence-corrected chi connectivity index (χ4v) is 0.266. The minimum absolute atomic E-state index is 0. The molecule has 0 aromatic rings. The predicted molar refractivity (Wildman–Crippen MR) is 52.8 cm³/mol. The van der Waals surface area contributed by atoms with Crippen molar-refractivity contribution in [2.45, 2.75) is 19.6 Å². The van der Waals surface area contributed by atoms with Gasteiger partial charge in [0.25, 0.3) is 11.0 Å². The van der Waals surface area contributed by atoms with Gasteiger partial charge in [-0.05, 0) is 0 Å². The maximum absolute atomic E-state index is 10.3. The number of halogens is 1. The van der Waals surface area contributed by atoms with E-state index in [1.807, 2.05) is 0 Å². The summed E-state index contributed by atoms with van der Waals surface area (Å²) in [6, 6.07) is 0. The number of carbonyl (C=O) groups is 1. The van der Waals surface area contributed by atoms with Gasteiger partial charge in [-0.1, -0.05) is 13.5 Å². The Bertz CT molecular complexity index is 218. The van der Waals surface area contributed by atoms with Crippen LogP contribution in [0.4, 0.5) is 0 Å². The van der Waals surface area contributed by atoms with E-state index in [1.54, 1.807) is 6.92 Å². The van der Waals surface area contributed by atoms with Crippen LogP contribution in [0.2, 0.25) is 0 Å². The van der Waals surface area contributed by atoms with E-state index in [2.05, 4.69) is 11.3 Å². The first-order chi connectivity index (χ1) is 5.93. The number of hydrogen-bond acceptors (Lipinski definition) is 5. The molecule has 0 aromatic carbocycles. The average Bonchev–Trinajstić information content (AvgIpc) is 2.03. The van der Waals surface area contributed by atoms with Gasteiger partial charge in [0.05, 0.1) is 0 Å². The lowest BCUT2D eigenvalue weighted by Gasteiger charge is -2.05. The molecule has 0 rings (SSSR count). The molecule has 86 valence electrons. The van der Waals surface area contributed by atoms with Crippen LogP contribution in [0.3, 0.4) is 0 Å². The van der Waals surface area contributed by atoms with Crippen molar-refractivity contribution in [2.24, 2.45) is 0 Å². The third-order valence-corrected chi connectivity index (χ3v) is 0.768. The van der Waals surface area contributed by atoms with E-state index in [0.717, 1.165) is 6.08 Å². The van der Waals surface area contributed by atoms with Crippen molar-refractivity contribution in [3.63, 3.8) is 0 Å². The Hall–Kier alpha value is -0.630. The summed E-state index contributed by atoms with van der Waals surface area (Å²) in [5.74, 6) is -0.593. The molecule has 8 heteroatoms. The molecule has 0 fully saturated rings. The predicted octanol–water partition coefficient (Wildman–Crippen LogP) is -0.0634. The van der Waals surface area contributed by atoms with Gasteiger partial charge < -0.3 is 9.84 Å². The zero-order chi connectivity index (χ0) is 10.9. The second kappa shape index (κ2) is 12.4. The molecule has 0 bridgehead atoms. The summed E-state index contributed by atoms with van der Waals surface area (Å²) in [7, 11) is -3.12. The first-order valence-electron chi connectivity index (χ1n) is 3.28. The van der Waals surface area contributed by atoms with Crippen molar-refractivity contribution >= 4 is 29.4 Å². The van der Waals surface area contributed by atoms with Crippen LogP contribution < -0.4 is 0 Å². The fourth-order valence-electron chi connectivity index (χ4n) is 0.266. The van der Waals surface area contributed by atoms with Crippen LogP contribution in [0.1, 0.15) is 13.3 Å². The van der Waals surface area contributed by atoms with Gasteiger partial charge in [-0.25, -0.2) is 13.2 Å². The Morgan fingerprint density at radius 1 is 1.64 bits per heavy atom. The van der Waals surface area contributed by atoms with Crippen molar-refractivity contribution in [1.82, 2.24) is 0 Å². The number of aliphatic hydroxyl groups is 1. The number of thiol groups is 1. The van der Waals surface area contributed by atoms with Crippen LogP contribution in [0.15, 0.2) is 12.7 Å². The third kappa shape index (κ3) is 22.5. The maximum Gasteiger partial charge on any atom is 0.332 e. The van der Waals surface area contributed by atoms with E-state index in [0.29, 0.717) is 6.42 Å². The minimum atomic E-state index is -3.12. The molecule has 0 saturated carbocycles. The first-order valence-corrected chi connectivity index (χ1v) is 4.41. The largest absolute Gasteiger partial charge is 0.433 e. The molecule has 0 aliphatic rings. The normalized spacial score (nSPS) is 10.3. The summed E-state index contributed by atoms with van der Waals surface area (Å²) in [5, 5.41) is 8.67. The van der Waals surface area contributed by atoms with Gasteiger partial charge in [0, 0.05) is 12.5 Å². The maximum atomic E-state index is 10.3. The molecule has 0 spiro atoms. The van der Waals surface area contributed by atoms with E-state index in [-0.39, 0.29) is 12.4 Å². The molecule has 1 unspecified atom stereocenters. The lowest BCUT2D eigenvalue weighted by molar-refractivity contribution is -0.161. The molecule has 1 atom stereocenters. The molecule has 0 heterocycles. The van der Waals surface area contributed by atoms with Crippen LogP contribution in [-0.2, 0) is 20.5 Å². The standard InChI is InChI=1S/C6H10O3.ClH.H2O3S/c1-3-5(7)9-6(8)4-2;;1-4(2)3/h3,6,8H,1,4H2,2H3;1H;4H,(H,1,2,3). The average molecular weight is 249 g/mol. The van der Waals surface area contributed by atoms with Crippen molar-refractivity contribution < 1.29 is 27.6 Å². The highest BCUT2D eigenvalue weighted by Gasteiger charge is 2.02. The van der Waals surface area contributed by atoms with Gasteiger partial charge in [0.1, 0.15) is 0 Å². The lowest BCUT2D eigenvalue weighted by atomic mass is 10.5. The van der Waals surface area contributed by atoms with Gasteiger partial charge in [0.15, 0.2) is 0 Å².